The summed E-state index contributed by atoms with van der Waals surface area (Å²) in [5.74, 6) is -0.759. The van der Waals surface area contributed by atoms with Gasteiger partial charge in [0, 0.05) is 13.5 Å². The van der Waals surface area contributed by atoms with Crippen molar-refractivity contribution >= 4 is 15.0 Å². The number of hydrogen-bond donors (Lipinski definition) is 2. The van der Waals surface area contributed by atoms with E-state index in [-0.39, 0.29) is 6.61 Å². The SMILES string of the molecule is CCO[Si](O)(O)OC(C)=O. The normalized spacial score (nSPS) is 11.2. The lowest BCUT2D eigenvalue weighted by molar-refractivity contribution is -0.139. The fraction of sp³-hybridized carbons (Fsp3) is 0.750. The molecule has 0 aromatic rings. The maximum atomic E-state index is 10.1. The molecule has 6 heteroatoms. The van der Waals surface area contributed by atoms with Gasteiger partial charge in [0.1, 0.15) is 0 Å². The average Bonchev–Trinajstić information content (AvgIpc) is 1.59. The highest BCUT2D eigenvalue weighted by Gasteiger charge is 2.39. The van der Waals surface area contributed by atoms with Crippen LogP contribution in [0.2, 0.25) is 0 Å². The van der Waals surface area contributed by atoms with Crippen LogP contribution in [-0.2, 0) is 13.6 Å². The molecule has 0 fully saturated rings. The van der Waals surface area contributed by atoms with Gasteiger partial charge < -0.3 is 18.4 Å². The summed E-state index contributed by atoms with van der Waals surface area (Å²) in [6.45, 7) is 2.75. The van der Waals surface area contributed by atoms with E-state index >= 15 is 0 Å². The van der Waals surface area contributed by atoms with E-state index in [1.54, 1.807) is 6.92 Å². The van der Waals surface area contributed by atoms with E-state index in [9.17, 15) is 4.79 Å². The molecule has 0 atom stereocenters. The second-order valence-electron chi connectivity index (χ2n) is 1.58. The van der Waals surface area contributed by atoms with Crippen molar-refractivity contribution in [2.45, 2.75) is 13.8 Å². The van der Waals surface area contributed by atoms with E-state index in [0.717, 1.165) is 6.92 Å². The fourth-order valence-electron chi connectivity index (χ4n) is 0.405. The van der Waals surface area contributed by atoms with Gasteiger partial charge in [-0.3, -0.25) is 4.79 Å². The molecule has 10 heavy (non-hydrogen) atoms. The van der Waals surface area contributed by atoms with Crippen LogP contribution < -0.4 is 0 Å². The third-order valence-electron chi connectivity index (χ3n) is 0.609. The van der Waals surface area contributed by atoms with Crippen molar-refractivity contribution in [1.82, 2.24) is 0 Å². The Morgan fingerprint density at radius 1 is 1.60 bits per heavy atom. The van der Waals surface area contributed by atoms with Crippen molar-refractivity contribution in [2.24, 2.45) is 0 Å². The topological polar surface area (TPSA) is 76.0 Å². The van der Waals surface area contributed by atoms with Crippen LogP contribution in [0.1, 0.15) is 13.8 Å². The Hall–Kier alpha value is -0.433. The van der Waals surface area contributed by atoms with Crippen LogP contribution in [0, 0.1) is 0 Å². The summed E-state index contributed by atoms with van der Waals surface area (Å²) in [6.07, 6.45) is 0. The van der Waals surface area contributed by atoms with Gasteiger partial charge >= 0.3 is 9.05 Å². The largest absolute Gasteiger partial charge is 0.746 e. The zero-order valence-corrected chi connectivity index (χ0v) is 6.83. The summed E-state index contributed by atoms with van der Waals surface area (Å²) < 4.78 is 8.41. The molecule has 5 nitrogen and oxygen atoms in total. The molecule has 0 aliphatic heterocycles. The van der Waals surface area contributed by atoms with E-state index in [0.29, 0.717) is 0 Å². The summed E-state index contributed by atoms with van der Waals surface area (Å²) in [6, 6.07) is 0. The molecule has 0 unspecified atom stereocenters. The second kappa shape index (κ2) is 3.67. The fourth-order valence-corrected chi connectivity index (χ4v) is 1.21. The summed E-state index contributed by atoms with van der Waals surface area (Å²) in [4.78, 5) is 27.6. The molecule has 0 aliphatic rings. The van der Waals surface area contributed by atoms with Gasteiger partial charge in [0.05, 0.1) is 0 Å². The maximum Gasteiger partial charge on any atom is 0.746 e. The van der Waals surface area contributed by atoms with Crippen LogP contribution in [0.4, 0.5) is 0 Å². The molecule has 0 aliphatic carbocycles. The monoisotopic (exact) mass is 166 g/mol. The lowest BCUT2D eigenvalue weighted by Gasteiger charge is -2.13. The summed E-state index contributed by atoms with van der Waals surface area (Å²) in [5, 5.41) is 0. The zero-order chi connectivity index (χ0) is 8.20. The van der Waals surface area contributed by atoms with Crippen molar-refractivity contribution in [2.75, 3.05) is 6.61 Å². The standard InChI is InChI=1S/C4H10O5Si/c1-3-8-10(6,7)9-4(2)5/h6-7H,3H2,1-2H3. The molecule has 0 bridgehead atoms. The molecule has 0 saturated carbocycles. The van der Waals surface area contributed by atoms with Gasteiger partial charge in [-0.25, -0.2) is 0 Å². The van der Waals surface area contributed by atoms with Crippen molar-refractivity contribution < 1.29 is 23.2 Å². The zero-order valence-electron chi connectivity index (χ0n) is 5.83. The van der Waals surface area contributed by atoms with E-state index in [2.05, 4.69) is 8.85 Å². The van der Waals surface area contributed by atoms with Gasteiger partial charge in [-0.15, -0.1) is 0 Å². The lowest BCUT2D eigenvalue weighted by atomic mass is 10.9. The predicted molar refractivity (Wildman–Crippen MR) is 33.6 cm³/mol. The quantitative estimate of drug-likeness (QED) is 0.526. The molecule has 0 radical (unpaired) electrons. The highest BCUT2D eigenvalue weighted by Crippen LogP contribution is 1.97. The van der Waals surface area contributed by atoms with Crippen LogP contribution in [0.3, 0.4) is 0 Å². The Morgan fingerprint density at radius 3 is 2.40 bits per heavy atom. The Labute approximate surface area is 59.7 Å². The molecular weight excluding hydrogens is 156 g/mol. The van der Waals surface area contributed by atoms with Gasteiger partial charge in [-0.1, -0.05) is 0 Å². The average molecular weight is 166 g/mol. The Morgan fingerprint density at radius 2 is 2.10 bits per heavy atom. The van der Waals surface area contributed by atoms with Crippen molar-refractivity contribution in [3.63, 3.8) is 0 Å². The smallest absolute Gasteiger partial charge is 0.452 e. The Kier molecular flexibility index (Phi) is 3.51. The van der Waals surface area contributed by atoms with E-state index in [1.807, 2.05) is 0 Å². The highest BCUT2D eigenvalue weighted by molar-refractivity contribution is 6.52. The first-order valence-electron chi connectivity index (χ1n) is 2.76. The number of carbonyl (C=O) groups is 1. The first-order chi connectivity index (χ1) is 4.48. The van der Waals surface area contributed by atoms with Crippen LogP contribution >= 0.6 is 0 Å². The molecule has 0 spiro atoms. The first kappa shape index (κ1) is 9.57. The minimum Gasteiger partial charge on any atom is -0.452 e. The number of carbonyl (C=O) groups excluding carboxylic acids is 1. The van der Waals surface area contributed by atoms with Gasteiger partial charge in [-0.05, 0) is 6.92 Å². The van der Waals surface area contributed by atoms with Gasteiger partial charge in [0.2, 0.25) is 0 Å². The van der Waals surface area contributed by atoms with Crippen LogP contribution in [0.15, 0.2) is 0 Å². The highest BCUT2D eigenvalue weighted by atomic mass is 28.4. The Bertz CT molecular complexity index is 123. The summed E-state index contributed by atoms with van der Waals surface area (Å²) in [5.41, 5.74) is 0. The predicted octanol–water partition coefficient (Wildman–Crippen LogP) is -0.994. The molecule has 0 heterocycles. The van der Waals surface area contributed by atoms with E-state index in [4.69, 9.17) is 9.59 Å². The molecule has 0 saturated heterocycles. The van der Waals surface area contributed by atoms with Crippen molar-refractivity contribution in [3.8, 4) is 0 Å². The molecule has 0 rings (SSSR count). The van der Waals surface area contributed by atoms with Gasteiger partial charge in [0.25, 0.3) is 5.97 Å². The maximum absolute atomic E-state index is 10.1. The lowest BCUT2D eigenvalue weighted by Crippen LogP contribution is -2.44. The van der Waals surface area contributed by atoms with Crippen LogP contribution in [0.5, 0.6) is 0 Å². The Balaban J connectivity index is 3.74. The molecular formula is C4H10O5Si. The van der Waals surface area contributed by atoms with Gasteiger partial charge in [-0.2, -0.15) is 0 Å². The van der Waals surface area contributed by atoms with Gasteiger partial charge in [0.15, 0.2) is 0 Å². The third-order valence-corrected chi connectivity index (χ3v) is 1.83. The minimum absolute atomic E-state index is 0.104. The molecule has 0 aromatic heterocycles. The van der Waals surface area contributed by atoms with Crippen molar-refractivity contribution in [1.29, 1.82) is 0 Å². The molecule has 0 aromatic carbocycles. The first-order valence-corrected chi connectivity index (χ1v) is 4.47. The molecule has 2 N–H and O–H groups in total. The minimum atomic E-state index is -4.12. The molecule has 0 amide bonds. The number of hydrogen-bond acceptors (Lipinski definition) is 5. The summed E-state index contributed by atoms with van der Waals surface area (Å²) in [7, 11) is -4.12. The third kappa shape index (κ3) is 4.45. The van der Waals surface area contributed by atoms with Crippen LogP contribution in [0.25, 0.3) is 0 Å². The van der Waals surface area contributed by atoms with Crippen LogP contribution in [-0.4, -0.2) is 31.2 Å². The summed E-state index contributed by atoms with van der Waals surface area (Å²) >= 11 is 0. The van der Waals surface area contributed by atoms with E-state index < -0.39 is 15.0 Å². The number of rotatable bonds is 3. The van der Waals surface area contributed by atoms with E-state index in [1.165, 1.54) is 0 Å². The molecule has 60 valence electrons. The second-order valence-corrected chi connectivity index (χ2v) is 3.16. The van der Waals surface area contributed by atoms with Crippen molar-refractivity contribution in [3.05, 3.63) is 0 Å².